The maximum Gasteiger partial charge on any atom is 0.225 e. The summed E-state index contributed by atoms with van der Waals surface area (Å²) in [7, 11) is 0. The SMILES string of the molecule is Cc1cc(N)ccc1NC(=O)CCN1CCCCC1CO. The Bertz CT molecular complexity index is 490. The molecule has 0 aromatic heterocycles. The molecule has 5 heteroatoms. The molecule has 0 radical (unpaired) electrons. The topological polar surface area (TPSA) is 78.6 Å². The van der Waals surface area contributed by atoms with Crippen molar-refractivity contribution in [2.24, 2.45) is 0 Å². The number of hydrogen-bond donors (Lipinski definition) is 3. The molecule has 5 nitrogen and oxygen atoms in total. The Morgan fingerprint density at radius 3 is 3.00 bits per heavy atom. The van der Waals surface area contributed by atoms with Gasteiger partial charge in [0, 0.05) is 30.4 Å². The number of hydrogen-bond acceptors (Lipinski definition) is 4. The van der Waals surface area contributed by atoms with Gasteiger partial charge in [-0.05, 0) is 50.1 Å². The fraction of sp³-hybridized carbons (Fsp3) is 0.562. The molecular formula is C16H25N3O2. The minimum atomic E-state index is 0.00475. The van der Waals surface area contributed by atoms with Crippen molar-refractivity contribution >= 4 is 17.3 Å². The number of benzene rings is 1. The number of amides is 1. The molecule has 0 spiro atoms. The van der Waals surface area contributed by atoms with Crippen LogP contribution in [0.25, 0.3) is 0 Å². The van der Waals surface area contributed by atoms with Gasteiger partial charge in [0.25, 0.3) is 0 Å². The average Bonchev–Trinajstić information content (AvgIpc) is 2.48. The molecule has 116 valence electrons. The van der Waals surface area contributed by atoms with Crippen LogP contribution in [-0.4, -0.2) is 41.7 Å². The summed E-state index contributed by atoms with van der Waals surface area (Å²) < 4.78 is 0. The second-order valence-corrected chi connectivity index (χ2v) is 5.74. The Hall–Kier alpha value is -1.59. The van der Waals surface area contributed by atoms with E-state index in [2.05, 4.69) is 10.2 Å². The van der Waals surface area contributed by atoms with E-state index >= 15 is 0 Å². The van der Waals surface area contributed by atoms with Gasteiger partial charge in [0.2, 0.25) is 5.91 Å². The van der Waals surface area contributed by atoms with Gasteiger partial charge < -0.3 is 16.2 Å². The van der Waals surface area contributed by atoms with Crippen LogP contribution in [0.3, 0.4) is 0 Å². The summed E-state index contributed by atoms with van der Waals surface area (Å²) in [5, 5.41) is 12.3. The highest BCUT2D eigenvalue weighted by atomic mass is 16.3. The van der Waals surface area contributed by atoms with Gasteiger partial charge >= 0.3 is 0 Å². The van der Waals surface area contributed by atoms with Crippen molar-refractivity contribution < 1.29 is 9.90 Å². The van der Waals surface area contributed by atoms with Gasteiger partial charge in [0.1, 0.15) is 0 Å². The van der Waals surface area contributed by atoms with Gasteiger partial charge in [-0.2, -0.15) is 0 Å². The van der Waals surface area contributed by atoms with Gasteiger partial charge in [-0.1, -0.05) is 6.42 Å². The molecule has 1 aliphatic heterocycles. The Kier molecular flexibility index (Phi) is 5.59. The quantitative estimate of drug-likeness (QED) is 0.722. The fourth-order valence-electron chi connectivity index (χ4n) is 2.85. The van der Waals surface area contributed by atoms with Crippen molar-refractivity contribution in [3.63, 3.8) is 0 Å². The maximum absolute atomic E-state index is 12.1. The molecule has 1 unspecified atom stereocenters. The lowest BCUT2D eigenvalue weighted by atomic mass is 10.0. The molecule has 1 saturated heterocycles. The second-order valence-electron chi connectivity index (χ2n) is 5.74. The highest BCUT2D eigenvalue weighted by Crippen LogP contribution is 2.19. The number of carbonyl (C=O) groups is 1. The highest BCUT2D eigenvalue weighted by molar-refractivity contribution is 5.91. The molecule has 1 aromatic rings. The first kappa shape index (κ1) is 15.8. The molecule has 1 aromatic carbocycles. The third-order valence-corrected chi connectivity index (χ3v) is 4.11. The normalized spacial score (nSPS) is 19.4. The molecule has 1 amide bonds. The van der Waals surface area contributed by atoms with Crippen molar-refractivity contribution in [3.8, 4) is 0 Å². The first-order valence-electron chi connectivity index (χ1n) is 7.61. The summed E-state index contributed by atoms with van der Waals surface area (Å²) in [6, 6.07) is 5.68. The monoisotopic (exact) mass is 291 g/mol. The van der Waals surface area contributed by atoms with Crippen molar-refractivity contribution in [2.45, 2.75) is 38.6 Å². The lowest BCUT2D eigenvalue weighted by Crippen LogP contribution is -2.43. The zero-order valence-corrected chi connectivity index (χ0v) is 12.6. The molecule has 0 saturated carbocycles. The molecule has 4 N–H and O–H groups in total. The van der Waals surface area contributed by atoms with Gasteiger partial charge in [-0.25, -0.2) is 0 Å². The summed E-state index contributed by atoms with van der Waals surface area (Å²) in [6.07, 6.45) is 3.78. The molecule has 1 atom stereocenters. The predicted octanol–water partition coefficient (Wildman–Crippen LogP) is 1.75. The van der Waals surface area contributed by atoms with Crippen LogP contribution in [0.15, 0.2) is 18.2 Å². The third kappa shape index (κ3) is 4.44. The number of aliphatic hydroxyl groups is 1. The van der Waals surface area contributed by atoms with Crippen molar-refractivity contribution in [1.82, 2.24) is 4.90 Å². The third-order valence-electron chi connectivity index (χ3n) is 4.11. The molecule has 0 bridgehead atoms. The summed E-state index contributed by atoms with van der Waals surface area (Å²) in [4.78, 5) is 14.3. The van der Waals surface area contributed by atoms with E-state index in [1.165, 1.54) is 6.42 Å². The molecular weight excluding hydrogens is 266 g/mol. The van der Waals surface area contributed by atoms with Gasteiger partial charge in [0.15, 0.2) is 0 Å². The van der Waals surface area contributed by atoms with E-state index in [0.29, 0.717) is 18.7 Å². The van der Waals surface area contributed by atoms with Gasteiger partial charge in [-0.15, -0.1) is 0 Å². The van der Waals surface area contributed by atoms with E-state index in [0.717, 1.165) is 30.6 Å². The standard InChI is InChI=1S/C16H25N3O2/c1-12-10-13(17)5-6-15(12)18-16(21)7-9-19-8-3-2-4-14(19)11-20/h5-6,10,14,20H,2-4,7-9,11,17H2,1H3,(H,18,21). The molecule has 1 aliphatic rings. The lowest BCUT2D eigenvalue weighted by molar-refractivity contribution is -0.116. The van der Waals surface area contributed by atoms with Gasteiger partial charge in [-0.3, -0.25) is 9.69 Å². The smallest absolute Gasteiger partial charge is 0.225 e. The molecule has 1 fully saturated rings. The number of aryl methyl sites for hydroxylation is 1. The van der Waals surface area contributed by atoms with Crippen molar-refractivity contribution in [3.05, 3.63) is 23.8 Å². The van der Waals surface area contributed by atoms with Crippen LogP contribution in [0.1, 0.15) is 31.2 Å². The van der Waals surface area contributed by atoms with Crippen LogP contribution in [-0.2, 0) is 4.79 Å². The zero-order valence-electron chi connectivity index (χ0n) is 12.6. The van der Waals surface area contributed by atoms with E-state index in [1.54, 1.807) is 6.07 Å². The van der Waals surface area contributed by atoms with E-state index in [9.17, 15) is 9.90 Å². The van der Waals surface area contributed by atoms with Crippen LogP contribution in [0.2, 0.25) is 0 Å². The number of piperidine rings is 1. The molecule has 2 rings (SSSR count). The molecule has 0 aliphatic carbocycles. The maximum atomic E-state index is 12.1. The minimum Gasteiger partial charge on any atom is -0.399 e. The largest absolute Gasteiger partial charge is 0.399 e. The zero-order chi connectivity index (χ0) is 15.2. The van der Waals surface area contributed by atoms with Crippen LogP contribution in [0, 0.1) is 6.92 Å². The van der Waals surface area contributed by atoms with Gasteiger partial charge in [0.05, 0.1) is 6.61 Å². The first-order chi connectivity index (χ1) is 10.1. The number of nitrogens with zero attached hydrogens (tertiary/aromatic N) is 1. The lowest BCUT2D eigenvalue weighted by Gasteiger charge is -2.34. The highest BCUT2D eigenvalue weighted by Gasteiger charge is 2.21. The van der Waals surface area contributed by atoms with Crippen LogP contribution >= 0.6 is 0 Å². The number of nitrogens with two attached hydrogens (primary N) is 1. The van der Waals surface area contributed by atoms with E-state index < -0.39 is 0 Å². The summed E-state index contributed by atoms with van der Waals surface area (Å²) in [5.74, 6) is 0.00475. The Morgan fingerprint density at radius 2 is 2.29 bits per heavy atom. The Morgan fingerprint density at radius 1 is 1.48 bits per heavy atom. The van der Waals surface area contributed by atoms with Crippen molar-refractivity contribution in [2.75, 3.05) is 30.7 Å². The average molecular weight is 291 g/mol. The number of likely N-dealkylation sites (tertiary alicyclic amines) is 1. The van der Waals surface area contributed by atoms with Crippen LogP contribution in [0.5, 0.6) is 0 Å². The second kappa shape index (κ2) is 7.43. The fourth-order valence-corrected chi connectivity index (χ4v) is 2.85. The van der Waals surface area contributed by atoms with Crippen LogP contribution < -0.4 is 11.1 Å². The Balaban J connectivity index is 1.84. The number of rotatable bonds is 5. The first-order valence-corrected chi connectivity index (χ1v) is 7.61. The van der Waals surface area contributed by atoms with E-state index in [4.69, 9.17) is 5.73 Å². The number of carbonyl (C=O) groups excluding carboxylic acids is 1. The number of nitrogen functional groups attached to an aromatic ring is 1. The number of aliphatic hydroxyl groups excluding tert-OH is 1. The Labute approximate surface area is 126 Å². The van der Waals surface area contributed by atoms with E-state index in [-0.39, 0.29) is 18.6 Å². The van der Waals surface area contributed by atoms with Crippen molar-refractivity contribution in [1.29, 1.82) is 0 Å². The molecule has 1 heterocycles. The number of nitrogens with one attached hydrogen (secondary N) is 1. The molecule has 21 heavy (non-hydrogen) atoms. The summed E-state index contributed by atoms with van der Waals surface area (Å²) in [5.41, 5.74) is 8.18. The minimum absolute atomic E-state index is 0.00475. The van der Waals surface area contributed by atoms with E-state index in [1.807, 2.05) is 19.1 Å². The van der Waals surface area contributed by atoms with Crippen LogP contribution in [0.4, 0.5) is 11.4 Å². The summed E-state index contributed by atoms with van der Waals surface area (Å²) in [6.45, 7) is 3.78. The predicted molar refractivity (Wildman–Crippen MR) is 85.1 cm³/mol. The number of anilines is 2. The summed E-state index contributed by atoms with van der Waals surface area (Å²) >= 11 is 0.